The lowest BCUT2D eigenvalue weighted by Crippen LogP contribution is -2.56. The Labute approximate surface area is 107 Å². The quantitative estimate of drug-likeness (QED) is 0.767. The van der Waals surface area contributed by atoms with E-state index in [-0.39, 0.29) is 18.1 Å². The smallest absolute Gasteiger partial charge is 0.150 e. The van der Waals surface area contributed by atoms with Gasteiger partial charge in [-0.25, -0.2) is 8.42 Å². The minimum atomic E-state index is -2.96. The fraction of sp³-hybridized carbons (Fsp3) is 1.00. The van der Waals surface area contributed by atoms with Crippen molar-refractivity contribution in [3.05, 3.63) is 0 Å². The second-order valence-electron chi connectivity index (χ2n) is 5.23. The van der Waals surface area contributed by atoms with Gasteiger partial charge in [-0.3, -0.25) is 0 Å². The standard InChI is InChI=1S/C11H20O4S2/c12-9-10(3-7-17(14,15)8-4-10)11(13)1-5-16-6-2-11/h12-13H,1-9H2. The highest BCUT2D eigenvalue weighted by Gasteiger charge is 2.52. The van der Waals surface area contributed by atoms with E-state index in [1.807, 2.05) is 11.8 Å². The van der Waals surface area contributed by atoms with Crippen molar-refractivity contribution in [3.63, 3.8) is 0 Å². The molecule has 0 aromatic rings. The highest BCUT2D eigenvalue weighted by molar-refractivity contribution is 7.99. The third kappa shape index (κ3) is 2.50. The molecule has 0 amide bonds. The molecule has 0 spiro atoms. The summed E-state index contributed by atoms with van der Waals surface area (Å²) in [6, 6.07) is 0. The fourth-order valence-electron chi connectivity index (χ4n) is 2.94. The summed E-state index contributed by atoms with van der Waals surface area (Å²) in [5.74, 6) is 1.99. The Balaban J connectivity index is 2.20. The third-order valence-corrected chi connectivity index (χ3v) is 7.03. The first kappa shape index (κ1) is 13.6. The first-order valence-corrected chi connectivity index (χ1v) is 9.02. The molecule has 2 fully saturated rings. The summed E-state index contributed by atoms with van der Waals surface area (Å²) in [6.45, 7) is -0.107. The second kappa shape index (κ2) is 4.72. The molecule has 0 bridgehead atoms. The first-order chi connectivity index (χ1) is 7.93. The number of aliphatic hydroxyl groups excluding tert-OH is 1. The van der Waals surface area contributed by atoms with Crippen LogP contribution in [0.1, 0.15) is 25.7 Å². The largest absolute Gasteiger partial charge is 0.396 e. The molecular formula is C11H20O4S2. The van der Waals surface area contributed by atoms with E-state index in [2.05, 4.69) is 0 Å². The number of aliphatic hydroxyl groups is 2. The zero-order chi connectivity index (χ0) is 12.6. The number of hydrogen-bond donors (Lipinski definition) is 2. The summed E-state index contributed by atoms with van der Waals surface area (Å²) in [6.07, 6.45) is 2.12. The first-order valence-electron chi connectivity index (χ1n) is 6.05. The van der Waals surface area contributed by atoms with Gasteiger partial charge in [0, 0.05) is 5.41 Å². The van der Waals surface area contributed by atoms with Crippen molar-refractivity contribution >= 4 is 21.6 Å². The summed E-state index contributed by atoms with van der Waals surface area (Å²) in [4.78, 5) is 0. The molecule has 0 unspecified atom stereocenters. The van der Waals surface area contributed by atoms with Gasteiger partial charge in [0.05, 0.1) is 23.7 Å². The maximum absolute atomic E-state index is 11.5. The molecule has 0 radical (unpaired) electrons. The number of sulfone groups is 1. The van der Waals surface area contributed by atoms with E-state index >= 15 is 0 Å². The predicted molar refractivity (Wildman–Crippen MR) is 68.9 cm³/mol. The van der Waals surface area contributed by atoms with Crippen molar-refractivity contribution in [2.45, 2.75) is 31.3 Å². The van der Waals surface area contributed by atoms with Gasteiger partial charge in [0.1, 0.15) is 9.84 Å². The van der Waals surface area contributed by atoms with Crippen molar-refractivity contribution in [2.24, 2.45) is 5.41 Å². The molecule has 2 rings (SSSR count). The lowest BCUT2D eigenvalue weighted by molar-refractivity contribution is -0.120. The van der Waals surface area contributed by atoms with Gasteiger partial charge in [-0.1, -0.05) is 0 Å². The number of rotatable bonds is 2. The lowest BCUT2D eigenvalue weighted by atomic mass is 9.65. The van der Waals surface area contributed by atoms with Gasteiger partial charge in [-0.2, -0.15) is 11.8 Å². The Bertz CT molecular complexity index is 357. The maximum Gasteiger partial charge on any atom is 0.150 e. The molecule has 0 aliphatic carbocycles. The van der Waals surface area contributed by atoms with Crippen LogP contribution >= 0.6 is 11.8 Å². The Kier molecular flexibility index (Phi) is 3.79. The molecule has 2 aliphatic rings. The molecule has 2 N–H and O–H groups in total. The van der Waals surface area contributed by atoms with Crippen LogP contribution in [-0.2, 0) is 9.84 Å². The van der Waals surface area contributed by atoms with Gasteiger partial charge < -0.3 is 10.2 Å². The summed E-state index contributed by atoms with van der Waals surface area (Å²) in [7, 11) is -2.96. The molecule has 6 heteroatoms. The molecule has 2 aliphatic heterocycles. The van der Waals surface area contributed by atoms with Crippen LogP contribution < -0.4 is 0 Å². The van der Waals surface area contributed by atoms with Crippen molar-refractivity contribution in [3.8, 4) is 0 Å². The topological polar surface area (TPSA) is 74.6 Å². The molecule has 0 saturated carbocycles. The van der Waals surface area contributed by atoms with Gasteiger partial charge in [0.2, 0.25) is 0 Å². The van der Waals surface area contributed by atoms with Crippen LogP contribution in [0.15, 0.2) is 0 Å². The van der Waals surface area contributed by atoms with E-state index < -0.39 is 20.9 Å². The van der Waals surface area contributed by atoms with E-state index in [1.54, 1.807) is 0 Å². The van der Waals surface area contributed by atoms with E-state index in [0.717, 1.165) is 11.5 Å². The summed E-state index contributed by atoms with van der Waals surface area (Å²) in [5.41, 5.74) is -1.47. The van der Waals surface area contributed by atoms with Crippen LogP contribution in [-0.4, -0.2) is 53.9 Å². The van der Waals surface area contributed by atoms with E-state index in [4.69, 9.17) is 0 Å². The highest BCUT2D eigenvalue weighted by Crippen LogP contribution is 2.48. The monoisotopic (exact) mass is 280 g/mol. The molecule has 4 nitrogen and oxygen atoms in total. The van der Waals surface area contributed by atoms with Crippen LogP contribution in [0.3, 0.4) is 0 Å². The van der Waals surface area contributed by atoms with Crippen LogP contribution in [0.2, 0.25) is 0 Å². The van der Waals surface area contributed by atoms with Crippen LogP contribution in [0.25, 0.3) is 0 Å². The Hall–Kier alpha value is 0.220. The molecule has 0 aromatic carbocycles. The van der Waals surface area contributed by atoms with Crippen molar-refractivity contribution in [1.82, 2.24) is 0 Å². The minimum Gasteiger partial charge on any atom is -0.396 e. The minimum absolute atomic E-state index is 0.100. The average molecular weight is 280 g/mol. The Morgan fingerprint density at radius 1 is 1.06 bits per heavy atom. The Morgan fingerprint density at radius 2 is 1.59 bits per heavy atom. The summed E-state index contributed by atoms with van der Waals surface area (Å²) in [5, 5.41) is 20.4. The van der Waals surface area contributed by atoms with Gasteiger partial charge in [0.15, 0.2) is 0 Å². The molecule has 2 saturated heterocycles. The average Bonchev–Trinajstić information content (AvgIpc) is 2.30. The Morgan fingerprint density at radius 3 is 2.06 bits per heavy atom. The molecule has 0 aromatic heterocycles. The van der Waals surface area contributed by atoms with Crippen molar-refractivity contribution < 1.29 is 18.6 Å². The van der Waals surface area contributed by atoms with Gasteiger partial charge in [-0.05, 0) is 37.2 Å². The fourth-order valence-corrected chi connectivity index (χ4v) is 5.71. The van der Waals surface area contributed by atoms with Crippen LogP contribution in [0, 0.1) is 5.41 Å². The normalized spacial score (nSPS) is 30.9. The lowest BCUT2D eigenvalue weighted by Gasteiger charge is -2.50. The molecular weight excluding hydrogens is 260 g/mol. The van der Waals surface area contributed by atoms with Gasteiger partial charge in [0.25, 0.3) is 0 Å². The summed E-state index contributed by atoms with van der Waals surface area (Å²) < 4.78 is 22.9. The predicted octanol–water partition coefficient (Wildman–Crippen LogP) is 0.432. The van der Waals surface area contributed by atoms with E-state index in [9.17, 15) is 18.6 Å². The molecule has 0 atom stereocenters. The summed E-state index contributed by atoms with van der Waals surface area (Å²) >= 11 is 1.81. The molecule has 17 heavy (non-hydrogen) atoms. The number of hydrogen-bond acceptors (Lipinski definition) is 5. The molecule has 100 valence electrons. The third-order valence-electron chi connectivity index (χ3n) is 4.39. The zero-order valence-electron chi connectivity index (χ0n) is 9.89. The van der Waals surface area contributed by atoms with Crippen LogP contribution in [0.4, 0.5) is 0 Å². The van der Waals surface area contributed by atoms with Crippen molar-refractivity contribution in [1.29, 1.82) is 0 Å². The highest BCUT2D eigenvalue weighted by atomic mass is 32.2. The van der Waals surface area contributed by atoms with E-state index in [1.165, 1.54) is 0 Å². The number of thioether (sulfide) groups is 1. The molecule has 2 heterocycles. The zero-order valence-corrected chi connectivity index (χ0v) is 11.5. The van der Waals surface area contributed by atoms with E-state index in [0.29, 0.717) is 25.7 Å². The van der Waals surface area contributed by atoms with Gasteiger partial charge in [-0.15, -0.1) is 0 Å². The SMILES string of the molecule is O=S1(=O)CCC(CO)(C2(O)CCSCC2)CC1. The van der Waals surface area contributed by atoms with Crippen LogP contribution in [0.5, 0.6) is 0 Å². The van der Waals surface area contributed by atoms with Crippen molar-refractivity contribution in [2.75, 3.05) is 29.6 Å². The maximum atomic E-state index is 11.5. The van der Waals surface area contributed by atoms with Gasteiger partial charge >= 0.3 is 0 Å². The second-order valence-corrected chi connectivity index (χ2v) is 8.76.